The summed E-state index contributed by atoms with van der Waals surface area (Å²) >= 11 is 0. The minimum absolute atomic E-state index is 0.00749. The lowest BCUT2D eigenvalue weighted by Crippen LogP contribution is -2.12. The number of methoxy groups -OCH3 is 1. The van der Waals surface area contributed by atoms with Gasteiger partial charge in [0.15, 0.2) is 17.3 Å². The molecule has 1 saturated carbocycles. The zero-order valence-electron chi connectivity index (χ0n) is 15.1. The number of allylic oxidation sites excluding steroid dienone is 2. The highest BCUT2D eigenvalue weighted by molar-refractivity contribution is 6.14. The van der Waals surface area contributed by atoms with Crippen LogP contribution in [0.15, 0.2) is 47.5 Å². The van der Waals surface area contributed by atoms with Gasteiger partial charge in [0.05, 0.1) is 13.7 Å². The second kappa shape index (κ2) is 8.10. The van der Waals surface area contributed by atoms with Crippen molar-refractivity contribution in [1.82, 2.24) is 0 Å². The zero-order chi connectivity index (χ0) is 19.4. The van der Waals surface area contributed by atoms with E-state index < -0.39 is 0 Å². The maximum Gasteiger partial charge on any atom is 0.185 e. The molecule has 27 heavy (non-hydrogen) atoms. The van der Waals surface area contributed by atoms with Crippen LogP contribution in [0.2, 0.25) is 0 Å². The number of aliphatic hydroxyl groups is 1. The molecule has 1 aliphatic carbocycles. The quantitative estimate of drug-likeness (QED) is 0.716. The van der Waals surface area contributed by atoms with Crippen LogP contribution in [0.25, 0.3) is 12.2 Å². The summed E-state index contributed by atoms with van der Waals surface area (Å²) in [6.45, 7) is -0.259. The summed E-state index contributed by atoms with van der Waals surface area (Å²) in [5, 5.41) is 28.7. The van der Waals surface area contributed by atoms with E-state index in [9.17, 15) is 20.1 Å². The molecule has 0 aromatic heterocycles. The van der Waals surface area contributed by atoms with Crippen molar-refractivity contribution < 1.29 is 24.9 Å². The highest BCUT2D eigenvalue weighted by atomic mass is 16.5. The van der Waals surface area contributed by atoms with Crippen molar-refractivity contribution in [2.24, 2.45) is 0 Å². The summed E-state index contributed by atoms with van der Waals surface area (Å²) in [6, 6.07) is 9.90. The Bertz CT molecular complexity index is 851. The molecule has 0 aliphatic heterocycles. The Morgan fingerprint density at radius 1 is 0.963 bits per heavy atom. The first-order chi connectivity index (χ1) is 13.0. The predicted octanol–water partition coefficient (Wildman–Crippen LogP) is 3.82. The lowest BCUT2D eigenvalue weighted by atomic mass is 9.86. The average molecular weight is 366 g/mol. The van der Waals surface area contributed by atoms with Gasteiger partial charge in [-0.1, -0.05) is 12.1 Å². The van der Waals surface area contributed by atoms with Crippen molar-refractivity contribution >= 4 is 17.9 Å². The minimum atomic E-state index is -0.259. The number of carbonyl (C=O) groups is 1. The number of phenolic OH excluding ortho intramolecular Hbond substituents is 1. The fourth-order valence-corrected chi connectivity index (χ4v) is 3.19. The van der Waals surface area contributed by atoms with E-state index in [2.05, 4.69) is 0 Å². The van der Waals surface area contributed by atoms with E-state index in [0.29, 0.717) is 35.3 Å². The molecular weight excluding hydrogens is 344 g/mol. The van der Waals surface area contributed by atoms with Gasteiger partial charge in [0.25, 0.3) is 0 Å². The number of carbonyl (C=O) groups excluding carboxylic acids is 1. The third kappa shape index (κ3) is 4.20. The number of hydrogen-bond donors (Lipinski definition) is 3. The van der Waals surface area contributed by atoms with Crippen molar-refractivity contribution in [3.05, 3.63) is 64.2 Å². The fraction of sp³-hybridized carbons (Fsp3) is 0.227. The van der Waals surface area contributed by atoms with Crippen LogP contribution < -0.4 is 4.74 Å². The van der Waals surface area contributed by atoms with Gasteiger partial charge in [-0.15, -0.1) is 0 Å². The zero-order valence-corrected chi connectivity index (χ0v) is 15.1. The summed E-state index contributed by atoms with van der Waals surface area (Å²) in [4.78, 5) is 12.9. The number of rotatable bonds is 4. The smallest absolute Gasteiger partial charge is 0.185 e. The predicted molar refractivity (Wildman–Crippen MR) is 104 cm³/mol. The van der Waals surface area contributed by atoms with E-state index >= 15 is 0 Å². The second-order valence-corrected chi connectivity index (χ2v) is 6.50. The van der Waals surface area contributed by atoms with Crippen molar-refractivity contribution in [2.75, 3.05) is 7.11 Å². The van der Waals surface area contributed by atoms with Gasteiger partial charge in [-0.3, -0.25) is 4.79 Å². The van der Waals surface area contributed by atoms with Gasteiger partial charge in [-0.2, -0.15) is 0 Å². The molecule has 140 valence electrons. The van der Waals surface area contributed by atoms with Crippen LogP contribution in [0.5, 0.6) is 17.2 Å². The van der Waals surface area contributed by atoms with Gasteiger partial charge < -0.3 is 20.1 Å². The molecule has 1 aliphatic rings. The number of benzene rings is 2. The normalized spacial score (nSPS) is 17.5. The van der Waals surface area contributed by atoms with E-state index in [1.165, 1.54) is 13.2 Å². The highest BCUT2D eigenvalue weighted by Crippen LogP contribution is 2.31. The largest absolute Gasteiger partial charge is 0.508 e. The van der Waals surface area contributed by atoms with Crippen LogP contribution in [0, 0.1) is 0 Å². The van der Waals surface area contributed by atoms with Crippen LogP contribution in [-0.2, 0) is 11.4 Å². The monoisotopic (exact) mass is 366 g/mol. The first-order valence-electron chi connectivity index (χ1n) is 8.77. The number of hydrogen-bond acceptors (Lipinski definition) is 5. The topological polar surface area (TPSA) is 87.0 Å². The van der Waals surface area contributed by atoms with Crippen molar-refractivity contribution in [3.8, 4) is 17.2 Å². The molecule has 2 aromatic carbocycles. The number of ether oxygens (including phenoxy) is 1. The maximum atomic E-state index is 12.9. The molecule has 0 heterocycles. The van der Waals surface area contributed by atoms with Gasteiger partial charge in [-0.05, 0) is 66.8 Å². The Kier molecular flexibility index (Phi) is 5.62. The Morgan fingerprint density at radius 2 is 1.56 bits per heavy atom. The van der Waals surface area contributed by atoms with E-state index in [0.717, 1.165) is 17.5 Å². The van der Waals surface area contributed by atoms with Crippen LogP contribution in [-0.4, -0.2) is 28.2 Å². The molecule has 3 rings (SSSR count). The molecule has 0 radical (unpaired) electrons. The standard InChI is InChI=1S/C22H22O5/c1-27-21-12-15(6-8-20(21)25)10-17-4-2-3-16(22(17)26)9-14-5-7-19(24)18(11-14)13-23/h5-12,23-25H,2-4,13H2,1H3/b16-9+,17-10+. The van der Waals surface area contributed by atoms with E-state index in [4.69, 9.17) is 4.74 Å². The van der Waals surface area contributed by atoms with Gasteiger partial charge >= 0.3 is 0 Å². The molecule has 5 heteroatoms. The molecule has 0 bridgehead atoms. The van der Waals surface area contributed by atoms with Crippen LogP contribution in [0.1, 0.15) is 36.0 Å². The Balaban J connectivity index is 1.89. The number of aromatic hydroxyl groups is 2. The lowest BCUT2D eigenvalue weighted by Gasteiger charge is -2.17. The SMILES string of the molecule is COc1cc(/C=C2\CCC/C(=C\c3ccc(O)c(CO)c3)C2=O)ccc1O. The summed E-state index contributed by atoms with van der Waals surface area (Å²) in [5.41, 5.74) is 3.41. The summed E-state index contributed by atoms with van der Waals surface area (Å²) in [5.74, 6) is 0.453. The second-order valence-electron chi connectivity index (χ2n) is 6.50. The van der Waals surface area contributed by atoms with Crippen molar-refractivity contribution in [2.45, 2.75) is 25.9 Å². The number of aliphatic hydroxyl groups excluding tert-OH is 1. The van der Waals surface area contributed by atoms with Crippen LogP contribution in [0.4, 0.5) is 0 Å². The molecule has 0 atom stereocenters. The van der Waals surface area contributed by atoms with Gasteiger partial charge in [0.1, 0.15) is 5.75 Å². The summed E-state index contributed by atoms with van der Waals surface area (Å²) < 4.78 is 5.12. The number of phenols is 2. The number of Topliss-reactive ketones (excluding diaryl/α,β-unsaturated/α-hetero) is 1. The average Bonchev–Trinajstić information content (AvgIpc) is 2.67. The highest BCUT2D eigenvalue weighted by Gasteiger charge is 2.20. The molecule has 0 amide bonds. The lowest BCUT2D eigenvalue weighted by molar-refractivity contribution is -0.112. The first kappa shape index (κ1) is 18.7. The molecule has 5 nitrogen and oxygen atoms in total. The maximum absolute atomic E-state index is 12.9. The summed E-state index contributed by atoms with van der Waals surface area (Å²) in [6.07, 6.45) is 5.88. The van der Waals surface area contributed by atoms with Crippen LogP contribution in [0.3, 0.4) is 0 Å². The van der Waals surface area contributed by atoms with Crippen molar-refractivity contribution in [3.63, 3.8) is 0 Å². The molecule has 0 saturated heterocycles. The Hall–Kier alpha value is -3.05. The molecule has 0 unspecified atom stereocenters. The van der Waals surface area contributed by atoms with E-state index in [-0.39, 0.29) is 23.9 Å². The Labute approximate surface area is 157 Å². The third-order valence-electron chi connectivity index (χ3n) is 4.64. The third-order valence-corrected chi connectivity index (χ3v) is 4.64. The first-order valence-corrected chi connectivity index (χ1v) is 8.77. The molecule has 2 aromatic rings. The molecule has 1 fully saturated rings. The van der Waals surface area contributed by atoms with E-state index in [1.54, 1.807) is 30.3 Å². The fourth-order valence-electron chi connectivity index (χ4n) is 3.19. The number of ketones is 1. The summed E-state index contributed by atoms with van der Waals surface area (Å²) in [7, 11) is 1.48. The Morgan fingerprint density at radius 3 is 2.15 bits per heavy atom. The molecule has 3 N–H and O–H groups in total. The molecule has 0 spiro atoms. The van der Waals surface area contributed by atoms with Gasteiger partial charge in [-0.25, -0.2) is 0 Å². The van der Waals surface area contributed by atoms with Gasteiger partial charge in [0.2, 0.25) is 0 Å². The van der Waals surface area contributed by atoms with Crippen LogP contribution >= 0.6 is 0 Å². The van der Waals surface area contributed by atoms with E-state index in [1.807, 2.05) is 12.2 Å². The molecular formula is C22H22O5. The van der Waals surface area contributed by atoms with Gasteiger partial charge in [0, 0.05) is 16.7 Å². The van der Waals surface area contributed by atoms with Crippen molar-refractivity contribution in [1.29, 1.82) is 0 Å². The minimum Gasteiger partial charge on any atom is -0.508 e.